The number of hydrogen-bond donors (Lipinski definition) is 3. The third-order valence-corrected chi connectivity index (χ3v) is 7.35. The summed E-state index contributed by atoms with van der Waals surface area (Å²) in [6.45, 7) is 1.43. The van der Waals surface area contributed by atoms with Crippen LogP contribution in [0.4, 0.5) is 11.4 Å². The maximum absolute atomic E-state index is 14.0. The first-order valence-electron chi connectivity index (χ1n) is 13.0. The van der Waals surface area contributed by atoms with E-state index in [1.807, 2.05) is 0 Å². The van der Waals surface area contributed by atoms with Gasteiger partial charge in [0.15, 0.2) is 11.5 Å². The van der Waals surface area contributed by atoms with Gasteiger partial charge in [0, 0.05) is 12.3 Å². The predicted molar refractivity (Wildman–Crippen MR) is 153 cm³/mol. The summed E-state index contributed by atoms with van der Waals surface area (Å²) in [7, 11) is 5.89. The summed E-state index contributed by atoms with van der Waals surface area (Å²) in [5.74, 6) is -3.76. The minimum atomic E-state index is -1.79. The molecule has 0 bridgehead atoms. The number of ketones is 1. The fourth-order valence-corrected chi connectivity index (χ4v) is 5.47. The Balaban J connectivity index is 1.84. The van der Waals surface area contributed by atoms with E-state index in [0.29, 0.717) is 39.9 Å². The molecule has 1 aliphatic carbocycles. The van der Waals surface area contributed by atoms with Gasteiger partial charge in [-0.2, -0.15) is 0 Å². The second-order valence-electron chi connectivity index (χ2n) is 9.97. The normalized spacial score (nSPS) is 21.9. The molecule has 1 fully saturated rings. The summed E-state index contributed by atoms with van der Waals surface area (Å²) < 4.78 is 21.6. The van der Waals surface area contributed by atoms with E-state index in [1.165, 1.54) is 35.4 Å². The zero-order valence-corrected chi connectivity index (χ0v) is 23.6. The molecule has 1 saturated carbocycles. The molecule has 10 heteroatoms. The van der Waals surface area contributed by atoms with Crippen molar-refractivity contribution in [2.45, 2.75) is 24.9 Å². The Labute approximate surface area is 238 Å². The van der Waals surface area contributed by atoms with Gasteiger partial charge in [0.1, 0.15) is 23.2 Å². The monoisotopic (exact) mass is 562 g/mol. The Morgan fingerprint density at radius 2 is 1.27 bits per heavy atom. The molecule has 3 aromatic carbocycles. The Kier molecular flexibility index (Phi) is 8.83. The van der Waals surface area contributed by atoms with E-state index < -0.39 is 47.4 Å². The first-order chi connectivity index (χ1) is 19.6. The lowest BCUT2D eigenvalue weighted by Gasteiger charge is -2.44. The fraction of sp³-hybridized carbons (Fsp3) is 0.323. The minimum Gasteiger partial charge on any atom is -0.495 e. The van der Waals surface area contributed by atoms with Gasteiger partial charge in [-0.1, -0.05) is 30.3 Å². The molecule has 216 valence electrons. The smallest absolute Gasteiger partial charge is 0.235 e. The number of benzene rings is 3. The number of anilines is 2. The molecule has 4 rings (SSSR count). The van der Waals surface area contributed by atoms with Crippen LogP contribution in [0.15, 0.2) is 66.7 Å². The summed E-state index contributed by atoms with van der Waals surface area (Å²) in [6.07, 6.45) is -0.412. The van der Waals surface area contributed by atoms with E-state index in [4.69, 9.17) is 18.9 Å². The number of hydrogen-bond acceptors (Lipinski definition) is 8. The highest BCUT2D eigenvalue weighted by Gasteiger charge is 2.56. The first-order valence-corrected chi connectivity index (χ1v) is 13.0. The average Bonchev–Trinajstić information content (AvgIpc) is 2.96. The van der Waals surface area contributed by atoms with Crippen LogP contribution >= 0.6 is 0 Å². The maximum Gasteiger partial charge on any atom is 0.235 e. The van der Waals surface area contributed by atoms with Gasteiger partial charge < -0.3 is 34.7 Å². The third-order valence-electron chi connectivity index (χ3n) is 7.35. The molecule has 4 atom stereocenters. The number of Topliss-reactive ketones (excluding diaryl/α,β-unsaturated/α-hetero) is 1. The topological polar surface area (TPSA) is 132 Å². The van der Waals surface area contributed by atoms with Crippen LogP contribution in [0.3, 0.4) is 0 Å². The molecule has 0 spiro atoms. The van der Waals surface area contributed by atoms with Crippen molar-refractivity contribution < 1.29 is 38.4 Å². The van der Waals surface area contributed by atoms with Crippen LogP contribution in [-0.2, 0) is 14.4 Å². The zero-order chi connectivity index (χ0) is 29.7. The highest BCUT2D eigenvalue weighted by molar-refractivity contribution is 6.11. The molecule has 0 heterocycles. The van der Waals surface area contributed by atoms with Crippen LogP contribution in [0.1, 0.15) is 24.8 Å². The molecular weight excluding hydrogens is 528 g/mol. The van der Waals surface area contributed by atoms with Gasteiger partial charge >= 0.3 is 0 Å². The molecule has 3 N–H and O–H groups in total. The number of para-hydroxylation sites is 4. The minimum absolute atomic E-state index is 0.343. The van der Waals surface area contributed by atoms with Gasteiger partial charge in [-0.3, -0.25) is 14.4 Å². The van der Waals surface area contributed by atoms with Crippen molar-refractivity contribution in [3.05, 3.63) is 72.3 Å². The van der Waals surface area contributed by atoms with Crippen molar-refractivity contribution in [3.8, 4) is 23.0 Å². The number of ether oxygens (including phenoxy) is 4. The van der Waals surface area contributed by atoms with Crippen molar-refractivity contribution in [3.63, 3.8) is 0 Å². The van der Waals surface area contributed by atoms with E-state index in [1.54, 1.807) is 66.7 Å². The molecular formula is C31H34N2O8. The van der Waals surface area contributed by atoms with Gasteiger partial charge in [0.25, 0.3) is 0 Å². The van der Waals surface area contributed by atoms with Crippen molar-refractivity contribution in [1.29, 1.82) is 0 Å². The standard InChI is InChI=1S/C31H34N2O8/c1-31(37)17-21(34)27(29(35)32-19-10-6-8-12-22(19)38-2)26(18-14-15-24(40-4)25(16-18)41-5)28(31)30(36)33-20-11-7-9-13-23(20)39-3/h6-16,26-28,37H,17H2,1-5H3,(H,32,35)(H,33,36)/t26-,27-,28+,31+/m1/s1. The van der Waals surface area contributed by atoms with Crippen LogP contribution in [-0.4, -0.2) is 56.7 Å². The summed E-state index contributed by atoms with van der Waals surface area (Å²) in [5, 5.41) is 17.2. The van der Waals surface area contributed by atoms with Crippen molar-refractivity contribution in [1.82, 2.24) is 0 Å². The fourth-order valence-electron chi connectivity index (χ4n) is 5.47. The van der Waals surface area contributed by atoms with Gasteiger partial charge in [-0.05, 0) is 48.9 Å². The Morgan fingerprint density at radius 1 is 0.756 bits per heavy atom. The molecule has 1 aliphatic rings. The van der Waals surface area contributed by atoms with E-state index in [9.17, 15) is 19.5 Å². The van der Waals surface area contributed by atoms with Crippen molar-refractivity contribution in [2.75, 3.05) is 39.1 Å². The van der Waals surface area contributed by atoms with E-state index in [2.05, 4.69) is 10.6 Å². The summed E-state index contributed by atoms with van der Waals surface area (Å²) >= 11 is 0. The number of methoxy groups -OCH3 is 4. The second-order valence-corrected chi connectivity index (χ2v) is 9.97. The van der Waals surface area contributed by atoms with Gasteiger partial charge in [-0.15, -0.1) is 0 Å². The van der Waals surface area contributed by atoms with Crippen LogP contribution in [0.2, 0.25) is 0 Å². The lowest BCUT2D eigenvalue weighted by molar-refractivity contribution is -0.150. The first kappa shape index (κ1) is 29.4. The average molecular weight is 563 g/mol. The number of aliphatic hydroxyl groups is 1. The van der Waals surface area contributed by atoms with Crippen LogP contribution in [0.25, 0.3) is 0 Å². The largest absolute Gasteiger partial charge is 0.495 e. The SMILES string of the molecule is COc1ccccc1NC(=O)[C@@H]1C(=O)C[C@](C)(O)[C@H](C(=O)Nc2ccccc2OC)[C@@H]1c1ccc(OC)c(OC)c1. The molecule has 0 aliphatic heterocycles. The van der Waals surface area contributed by atoms with E-state index in [0.717, 1.165) is 0 Å². The molecule has 41 heavy (non-hydrogen) atoms. The Hall–Kier alpha value is -4.57. The quantitative estimate of drug-likeness (QED) is 0.333. The molecule has 0 aromatic heterocycles. The molecule has 10 nitrogen and oxygen atoms in total. The molecule has 0 radical (unpaired) electrons. The van der Waals surface area contributed by atoms with Crippen LogP contribution < -0.4 is 29.6 Å². The van der Waals surface area contributed by atoms with Crippen molar-refractivity contribution >= 4 is 29.0 Å². The van der Waals surface area contributed by atoms with Crippen LogP contribution in [0, 0.1) is 11.8 Å². The number of carbonyl (C=O) groups excluding carboxylic acids is 3. The second kappa shape index (κ2) is 12.3. The lowest BCUT2D eigenvalue weighted by atomic mass is 9.61. The Morgan fingerprint density at radius 3 is 1.80 bits per heavy atom. The number of carbonyl (C=O) groups is 3. The molecule has 3 aromatic rings. The third kappa shape index (κ3) is 5.97. The molecule has 0 saturated heterocycles. The highest BCUT2D eigenvalue weighted by Crippen LogP contribution is 2.48. The predicted octanol–water partition coefficient (Wildman–Crippen LogP) is 4.04. The van der Waals surface area contributed by atoms with E-state index in [-0.39, 0.29) is 0 Å². The van der Waals surface area contributed by atoms with Gasteiger partial charge in [0.2, 0.25) is 11.8 Å². The maximum atomic E-state index is 14.0. The summed E-state index contributed by atoms with van der Waals surface area (Å²) in [4.78, 5) is 41.5. The zero-order valence-electron chi connectivity index (χ0n) is 23.6. The molecule has 2 amide bonds. The number of rotatable bonds is 9. The molecule has 0 unspecified atom stereocenters. The summed E-state index contributed by atoms with van der Waals surface area (Å²) in [6, 6.07) is 18.6. The highest BCUT2D eigenvalue weighted by atomic mass is 16.5. The van der Waals surface area contributed by atoms with E-state index >= 15 is 0 Å². The van der Waals surface area contributed by atoms with Crippen LogP contribution in [0.5, 0.6) is 23.0 Å². The number of nitrogens with one attached hydrogen (secondary N) is 2. The van der Waals surface area contributed by atoms with Gasteiger partial charge in [0.05, 0.1) is 51.3 Å². The number of amides is 2. The lowest BCUT2D eigenvalue weighted by Crippen LogP contribution is -2.56. The van der Waals surface area contributed by atoms with Gasteiger partial charge in [-0.25, -0.2) is 0 Å². The summed E-state index contributed by atoms with van der Waals surface area (Å²) in [5.41, 5.74) is -0.598. The Bertz CT molecular complexity index is 1440. The van der Waals surface area contributed by atoms with Crippen molar-refractivity contribution in [2.24, 2.45) is 11.8 Å².